The summed E-state index contributed by atoms with van der Waals surface area (Å²) in [6.45, 7) is 1.79. The molecule has 0 aliphatic heterocycles. The molecule has 2 aliphatic rings. The molecule has 0 aromatic heterocycles. The zero-order chi connectivity index (χ0) is 11.8. The van der Waals surface area contributed by atoms with Gasteiger partial charge in [0.2, 0.25) is 0 Å². The molecular weight excluding hydrogens is 212 g/mol. The summed E-state index contributed by atoms with van der Waals surface area (Å²) in [5.74, 6) is 2.60. The van der Waals surface area contributed by atoms with Gasteiger partial charge in [-0.15, -0.1) is 0 Å². The van der Waals surface area contributed by atoms with E-state index in [-0.39, 0.29) is 0 Å². The van der Waals surface area contributed by atoms with Crippen molar-refractivity contribution < 1.29 is 9.84 Å². The lowest BCUT2D eigenvalue weighted by molar-refractivity contribution is 0.137. The van der Waals surface area contributed by atoms with Crippen molar-refractivity contribution in [1.29, 1.82) is 0 Å². The van der Waals surface area contributed by atoms with Crippen LogP contribution in [0.4, 0.5) is 0 Å². The summed E-state index contributed by atoms with van der Waals surface area (Å²) in [7, 11) is 0. The van der Waals surface area contributed by atoms with Crippen molar-refractivity contribution in [3.05, 3.63) is 29.8 Å². The van der Waals surface area contributed by atoms with Crippen LogP contribution < -0.4 is 4.74 Å². The van der Waals surface area contributed by atoms with Gasteiger partial charge in [0.1, 0.15) is 11.9 Å². The van der Waals surface area contributed by atoms with E-state index in [1.165, 1.54) is 25.7 Å². The van der Waals surface area contributed by atoms with E-state index in [2.05, 4.69) is 0 Å². The number of rotatable bonds is 3. The average Bonchev–Trinajstić information content (AvgIpc) is 2.91. The maximum absolute atomic E-state index is 9.56. The second-order valence-electron chi connectivity index (χ2n) is 5.58. The first-order valence-electron chi connectivity index (χ1n) is 6.67. The molecule has 0 heterocycles. The summed E-state index contributed by atoms with van der Waals surface area (Å²) < 4.78 is 6.09. The van der Waals surface area contributed by atoms with Crippen molar-refractivity contribution in [2.45, 2.75) is 44.8 Å². The van der Waals surface area contributed by atoms with Gasteiger partial charge in [0, 0.05) is 0 Å². The summed E-state index contributed by atoms with van der Waals surface area (Å²) in [4.78, 5) is 0. The number of aliphatic hydroxyl groups excluding tert-OH is 1. The lowest BCUT2D eigenvalue weighted by atomic mass is 9.97. The molecule has 2 nitrogen and oxygen atoms in total. The number of ether oxygens (including phenoxy) is 1. The van der Waals surface area contributed by atoms with Gasteiger partial charge in [0.15, 0.2) is 0 Å². The molecule has 2 aliphatic carbocycles. The molecule has 3 rings (SSSR count). The molecule has 1 aromatic rings. The molecule has 1 aromatic carbocycles. The van der Waals surface area contributed by atoms with Gasteiger partial charge in [0.25, 0.3) is 0 Å². The molecule has 0 radical (unpaired) electrons. The van der Waals surface area contributed by atoms with Gasteiger partial charge in [-0.25, -0.2) is 0 Å². The Balaban J connectivity index is 1.70. The third-order valence-electron chi connectivity index (χ3n) is 4.30. The quantitative estimate of drug-likeness (QED) is 0.866. The van der Waals surface area contributed by atoms with Crippen molar-refractivity contribution in [1.82, 2.24) is 0 Å². The molecule has 2 saturated carbocycles. The standard InChI is InChI=1S/C15H20O2/c1-10(16)12-3-2-4-14(9-12)17-15-8-11-5-6-13(15)7-11/h2-4,9-11,13,15-16H,5-8H2,1H3/t10-,11?,13?,15?/m0/s1. The number of hydrogen-bond donors (Lipinski definition) is 1. The largest absolute Gasteiger partial charge is 0.490 e. The Bertz CT molecular complexity index is 400. The smallest absolute Gasteiger partial charge is 0.120 e. The normalized spacial score (nSPS) is 32.7. The van der Waals surface area contributed by atoms with Gasteiger partial charge < -0.3 is 9.84 Å². The van der Waals surface area contributed by atoms with E-state index in [0.717, 1.165) is 23.1 Å². The van der Waals surface area contributed by atoms with Crippen LogP contribution in [0.2, 0.25) is 0 Å². The molecule has 0 spiro atoms. The van der Waals surface area contributed by atoms with Crippen molar-refractivity contribution in [3.63, 3.8) is 0 Å². The third kappa shape index (κ3) is 2.19. The fraction of sp³-hybridized carbons (Fsp3) is 0.600. The number of hydrogen-bond acceptors (Lipinski definition) is 2. The fourth-order valence-corrected chi connectivity index (χ4v) is 3.35. The maximum Gasteiger partial charge on any atom is 0.120 e. The number of benzene rings is 1. The van der Waals surface area contributed by atoms with E-state index in [9.17, 15) is 5.11 Å². The topological polar surface area (TPSA) is 29.5 Å². The Hall–Kier alpha value is -1.02. The molecule has 3 unspecified atom stereocenters. The highest BCUT2D eigenvalue weighted by atomic mass is 16.5. The van der Waals surface area contributed by atoms with Gasteiger partial charge in [0.05, 0.1) is 6.10 Å². The van der Waals surface area contributed by atoms with Crippen LogP contribution in [-0.4, -0.2) is 11.2 Å². The molecule has 1 N–H and O–H groups in total. The molecule has 92 valence electrons. The Labute approximate surface area is 103 Å². The Morgan fingerprint density at radius 1 is 1.29 bits per heavy atom. The molecule has 2 fully saturated rings. The van der Waals surface area contributed by atoms with Crippen LogP contribution >= 0.6 is 0 Å². The first-order chi connectivity index (χ1) is 8.22. The van der Waals surface area contributed by atoms with Crippen LogP contribution in [0.15, 0.2) is 24.3 Å². The summed E-state index contributed by atoms with van der Waals surface area (Å²) >= 11 is 0. The Morgan fingerprint density at radius 3 is 2.82 bits per heavy atom. The van der Waals surface area contributed by atoms with E-state index in [1.54, 1.807) is 6.92 Å². The minimum Gasteiger partial charge on any atom is -0.490 e. The summed E-state index contributed by atoms with van der Waals surface area (Å²) in [5.41, 5.74) is 0.936. The van der Waals surface area contributed by atoms with E-state index in [4.69, 9.17) is 4.74 Å². The minimum absolute atomic E-state index is 0.415. The van der Waals surface area contributed by atoms with Gasteiger partial charge in [-0.3, -0.25) is 0 Å². The van der Waals surface area contributed by atoms with Gasteiger partial charge in [-0.1, -0.05) is 12.1 Å². The second-order valence-corrected chi connectivity index (χ2v) is 5.58. The van der Waals surface area contributed by atoms with Gasteiger partial charge >= 0.3 is 0 Å². The zero-order valence-electron chi connectivity index (χ0n) is 10.3. The number of fused-ring (bicyclic) bond motifs is 2. The Kier molecular flexibility index (Phi) is 2.83. The van der Waals surface area contributed by atoms with Gasteiger partial charge in [-0.2, -0.15) is 0 Å². The first-order valence-corrected chi connectivity index (χ1v) is 6.67. The lowest BCUT2D eigenvalue weighted by Crippen LogP contribution is -2.23. The van der Waals surface area contributed by atoms with Gasteiger partial charge in [-0.05, 0) is 62.1 Å². The molecule has 17 heavy (non-hydrogen) atoms. The van der Waals surface area contributed by atoms with Crippen LogP contribution in [0.1, 0.15) is 44.3 Å². The molecule has 0 saturated heterocycles. The third-order valence-corrected chi connectivity index (χ3v) is 4.30. The zero-order valence-corrected chi connectivity index (χ0v) is 10.3. The van der Waals surface area contributed by atoms with E-state index >= 15 is 0 Å². The SMILES string of the molecule is C[C@H](O)c1cccc(OC2CC3CCC2C3)c1. The predicted octanol–water partition coefficient (Wildman–Crippen LogP) is 3.31. The summed E-state index contributed by atoms with van der Waals surface area (Å²) in [6, 6.07) is 7.87. The van der Waals surface area contributed by atoms with Crippen LogP contribution in [-0.2, 0) is 0 Å². The predicted molar refractivity (Wildman–Crippen MR) is 66.9 cm³/mol. The van der Waals surface area contributed by atoms with E-state index in [0.29, 0.717) is 6.10 Å². The summed E-state index contributed by atoms with van der Waals surface area (Å²) in [5, 5.41) is 9.56. The monoisotopic (exact) mass is 232 g/mol. The molecule has 0 amide bonds. The fourth-order valence-electron chi connectivity index (χ4n) is 3.35. The van der Waals surface area contributed by atoms with E-state index in [1.807, 2.05) is 24.3 Å². The molecule has 2 heteroatoms. The average molecular weight is 232 g/mol. The van der Waals surface area contributed by atoms with Crippen LogP contribution in [0, 0.1) is 11.8 Å². The minimum atomic E-state index is -0.418. The van der Waals surface area contributed by atoms with Crippen LogP contribution in [0.5, 0.6) is 5.75 Å². The lowest BCUT2D eigenvalue weighted by Gasteiger charge is -2.23. The molecule has 4 atom stereocenters. The van der Waals surface area contributed by atoms with Crippen molar-refractivity contribution in [3.8, 4) is 5.75 Å². The molecular formula is C15H20O2. The number of aliphatic hydroxyl groups is 1. The van der Waals surface area contributed by atoms with E-state index < -0.39 is 6.10 Å². The van der Waals surface area contributed by atoms with Crippen molar-refractivity contribution in [2.24, 2.45) is 11.8 Å². The maximum atomic E-state index is 9.56. The second kappa shape index (κ2) is 4.34. The highest BCUT2D eigenvalue weighted by Gasteiger charge is 2.40. The van der Waals surface area contributed by atoms with Crippen LogP contribution in [0.3, 0.4) is 0 Å². The highest BCUT2D eigenvalue weighted by molar-refractivity contribution is 5.30. The Morgan fingerprint density at radius 2 is 2.18 bits per heavy atom. The summed E-state index contributed by atoms with van der Waals surface area (Å²) in [6.07, 6.45) is 5.32. The van der Waals surface area contributed by atoms with Crippen molar-refractivity contribution in [2.75, 3.05) is 0 Å². The molecule has 2 bridgehead atoms. The highest BCUT2D eigenvalue weighted by Crippen LogP contribution is 2.46. The van der Waals surface area contributed by atoms with Crippen LogP contribution in [0.25, 0.3) is 0 Å². The first kappa shape index (κ1) is 11.1. The van der Waals surface area contributed by atoms with Crippen molar-refractivity contribution >= 4 is 0 Å².